The van der Waals surface area contributed by atoms with Crippen molar-refractivity contribution in [2.24, 2.45) is 0 Å². The molecule has 30 heavy (non-hydrogen) atoms. The van der Waals surface area contributed by atoms with Crippen molar-refractivity contribution < 1.29 is 14.0 Å². The van der Waals surface area contributed by atoms with Crippen molar-refractivity contribution in [2.75, 3.05) is 6.54 Å². The van der Waals surface area contributed by atoms with Crippen LogP contribution in [0.4, 0.5) is 4.39 Å². The summed E-state index contributed by atoms with van der Waals surface area (Å²) in [6.07, 6.45) is 7.69. The molecule has 2 aliphatic rings. The quantitative estimate of drug-likeness (QED) is 0.791. The van der Waals surface area contributed by atoms with E-state index in [1.54, 1.807) is 31.3 Å². The molecule has 0 bridgehead atoms. The summed E-state index contributed by atoms with van der Waals surface area (Å²) in [7, 11) is 0. The number of amides is 2. The van der Waals surface area contributed by atoms with Crippen LogP contribution in [0.1, 0.15) is 71.7 Å². The van der Waals surface area contributed by atoms with Crippen LogP contribution in [0.5, 0.6) is 0 Å². The Morgan fingerprint density at radius 1 is 1.17 bits per heavy atom. The minimum absolute atomic E-state index is 0.000986. The topological polar surface area (TPSA) is 62.3 Å². The Bertz CT molecular complexity index is 954. The Balaban J connectivity index is 1.58. The normalized spacial score (nSPS) is 18.9. The molecule has 1 aliphatic carbocycles. The molecule has 5 nitrogen and oxygen atoms in total. The van der Waals surface area contributed by atoms with Gasteiger partial charge < -0.3 is 10.2 Å². The SMILES string of the molecule is CCC1CCCCN1C(=O)c1ccc(-c2cc(C(=O)NC3CC3)cc(F)c2C)nc1. The molecule has 2 heterocycles. The minimum atomic E-state index is -0.436. The fourth-order valence-corrected chi connectivity index (χ4v) is 4.11. The second-order valence-corrected chi connectivity index (χ2v) is 8.37. The molecule has 1 atom stereocenters. The van der Waals surface area contributed by atoms with Crippen LogP contribution in [-0.4, -0.2) is 40.3 Å². The molecule has 158 valence electrons. The number of hydrogen-bond acceptors (Lipinski definition) is 3. The van der Waals surface area contributed by atoms with Gasteiger partial charge in [0, 0.05) is 36.0 Å². The van der Waals surface area contributed by atoms with E-state index in [2.05, 4.69) is 17.2 Å². The van der Waals surface area contributed by atoms with Gasteiger partial charge in [0.25, 0.3) is 11.8 Å². The fraction of sp³-hybridized carbons (Fsp3) is 0.458. The van der Waals surface area contributed by atoms with Crippen LogP contribution in [0, 0.1) is 12.7 Å². The zero-order valence-corrected chi connectivity index (χ0v) is 17.6. The molecule has 0 radical (unpaired) electrons. The Morgan fingerprint density at radius 2 is 1.97 bits per heavy atom. The minimum Gasteiger partial charge on any atom is -0.349 e. The first kappa shape index (κ1) is 20.5. The van der Waals surface area contributed by atoms with Crippen LogP contribution in [0.2, 0.25) is 0 Å². The summed E-state index contributed by atoms with van der Waals surface area (Å²) in [6, 6.07) is 6.93. The van der Waals surface area contributed by atoms with E-state index in [-0.39, 0.29) is 23.9 Å². The highest BCUT2D eigenvalue weighted by atomic mass is 19.1. The van der Waals surface area contributed by atoms with Gasteiger partial charge in [-0.05, 0) is 75.3 Å². The molecule has 2 aromatic rings. The third kappa shape index (κ3) is 4.23. The van der Waals surface area contributed by atoms with Crippen molar-refractivity contribution in [3.8, 4) is 11.3 Å². The standard InChI is InChI=1S/C24H28FN3O2/c1-3-19-6-4-5-11-28(19)24(30)16-7-10-22(26-14-16)20-12-17(13-21(25)15(20)2)23(29)27-18-8-9-18/h7,10,12-14,18-19H,3-6,8-9,11H2,1-2H3,(H,27,29). The second kappa shape index (κ2) is 8.54. The van der Waals surface area contributed by atoms with Gasteiger partial charge in [-0.15, -0.1) is 0 Å². The van der Waals surface area contributed by atoms with Gasteiger partial charge in [0.05, 0.1) is 11.3 Å². The van der Waals surface area contributed by atoms with Crippen LogP contribution in [0.25, 0.3) is 11.3 Å². The number of nitrogens with zero attached hydrogens (tertiary/aromatic N) is 2. The van der Waals surface area contributed by atoms with Gasteiger partial charge in [0.1, 0.15) is 5.82 Å². The molecule has 1 aromatic heterocycles. The number of piperidine rings is 1. The van der Waals surface area contributed by atoms with Crippen LogP contribution in [0.3, 0.4) is 0 Å². The Morgan fingerprint density at radius 3 is 2.63 bits per heavy atom. The molecule has 0 spiro atoms. The predicted molar refractivity (Wildman–Crippen MR) is 114 cm³/mol. The van der Waals surface area contributed by atoms with Crippen molar-refractivity contribution >= 4 is 11.8 Å². The van der Waals surface area contributed by atoms with Gasteiger partial charge >= 0.3 is 0 Å². The van der Waals surface area contributed by atoms with Crippen LogP contribution < -0.4 is 5.32 Å². The van der Waals surface area contributed by atoms with Crippen molar-refractivity contribution in [2.45, 2.75) is 64.5 Å². The summed E-state index contributed by atoms with van der Waals surface area (Å²) in [4.78, 5) is 31.7. The van der Waals surface area contributed by atoms with E-state index < -0.39 is 5.82 Å². The largest absolute Gasteiger partial charge is 0.349 e. The van der Waals surface area contributed by atoms with E-state index in [1.807, 2.05) is 4.90 Å². The number of rotatable bonds is 5. The molecular weight excluding hydrogens is 381 g/mol. The lowest BCUT2D eigenvalue weighted by Crippen LogP contribution is -2.43. The average molecular weight is 410 g/mol. The maximum atomic E-state index is 14.5. The third-order valence-electron chi connectivity index (χ3n) is 6.16. The van der Waals surface area contributed by atoms with Gasteiger partial charge in [0.15, 0.2) is 0 Å². The van der Waals surface area contributed by atoms with Crippen molar-refractivity contribution in [3.63, 3.8) is 0 Å². The van der Waals surface area contributed by atoms with Crippen LogP contribution in [0.15, 0.2) is 30.5 Å². The van der Waals surface area contributed by atoms with E-state index in [0.29, 0.717) is 27.9 Å². The molecule has 4 rings (SSSR count). The number of carbonyl (C=O) groups excluding carboxylic acids is 2. The maximum absolute atomic E-state index is 14.5. The van der Waals surface area contributed by atoms with Gasteiger partial charge in [-0.25, -0.2) is 4.39 Å². The van der Waals surface area contributed by atoms with Gasteiger partial charge in [-0.3, -0.25) is 14.6 Å². The first-order valence-electron chi connectivity index (χ1n) is 10.9. The number of aromatic nitrogens is 1. The molecule has 1 saturated heterocycles. The lowest BCUT2D eigenvalue weighted by atomic mass is 9.98. The highest BCUT2D eigenvalue weighted by Crippen LogP contribution is 2.27. The molecule has 1 aromatic carbocycles. The lowest BCUT2D eigenvalue weighted by molar-refractivity contribution is 0.0607. The highest BCUT2D eigenvalue weighted by molar-refractivity contribution is 5.96. The van der Waals surface area contributed by atoms with E-state index in [0.717, 1.165) is 45.1 Å². The molecule has 2 fully saturated rings. The zero-order chi connectivity index (χ0) is 21.3. The van der Waals surface area contributed by atoms with Gasteiger partial charge in [-0.2, -0.15) is 0 Å². The van der Waals surface area contributed by atoms with Crippen molar-refractivity contribution in [3.05, 3.63) is 53.0 Å². The summed E-state index contributed by atoms with van der Waals surface area (Å²) in [5, 5.41) is 2.89. The van der Waals surface area contributed by atoms with Crippen molar-refractivity contribution in [1.29, 1.82) is 0 Å². The van der Waals surface area contributed by atoms with Gasteiger partial charge in [-0.1, -0.05) is 6.92 Å². The summed E-state index contributed by atoms with van der Waals surface area (Å²) < 4.78 is 14.5. The van der Waals surface area contributed by atoms with E-state index in [1.165, 1.54) is 6.07 Å². The third-order valence-corrected chi connectivity index (χ3v) is 6.16. The first-order chi connectivity index (χ1) is 14.5. The summed E-state index contributed by atoms with van der Waals surface area (Å²) in [6.45, 7) is 4.57. The van der Waals surface area contributed by atoms with Crippen LogP contribution in [-0.2, 0) is 0 Å². The number of benzene rings is 1. The molecule has 2 amide bonds. The average Bonchev–Trinajstić information content (AvgIpc) is 3.59. The number of nitrogens with one attached hydrogen (secondary N) is 1. The maximum Gasteiger partial charge on any atom is 0.255 e. The predicted octanol–water partition coefficient (Wildman–Crippen LogP) is 4.49. The van der Waals surface area contributed by atoms with Crippen molar-refractivity contribution in [1.82, 2.24) is 15.2 Å². The summed E-state index contributed by atoms with van der Waals surface area (Å²) in [5.74, 6) is -0.698. The number of halogens is 1. The molecule has 1 aliphatic heterocycles. The lowest BCUT2D eigenvalue weighted by Gasteiger charge is -2.35. The second-order valence-electron chi connectivity index (χ2n) is 8.37. The summed E-state index contributed by atoms with van der Waals surface area (Å²) >= 11 is 0. The summed E-state index contributed by atoms with van der Waals surface area (Å²) in [5.41, 5.74) is 2.39. The van der Waals surface area contributed by atoms with E-state index in [9.17, 15) is 14.0 Å². The molecule has 1 unspecified atom stereocenters. The molecule has 6 heteroatoms. The van der Waals surface area contributed by atoms with E-state index >= 15 is 0 Å². The monoisotopic (exact) mass is 409 g/mol. The number of pyridine rings is 1. The fourth-order valence-electron chi connectivity index (χ4n) is 4.11. The van der Waals surface area contributed by atoms with E-state index in [4.69, 9.17) is 0 Å². The molecule has 1 N–H and O–H groups in total. The Labute approximate surface area is 176 Å². The smallest absolute Gasteiger partial charge is 0.255 e. The first-order valence-corrected chi connectivity index (χ1v) is 10.9. The molecule has 1 saturated carbocycles. The zero-order valence-electron chi connectivity index (χ0n) is 17.6. The highest BCUT2D eigenvalue weighted by Gasteiger charge is 2.27. The van der Waals surface area contributed by atoms with Crippen LogP contribution >= 0.6 is 0 Å². The number of hydrogen-bond donors (Lipinski definition) is 1. The Hall–Kier alpha value is -2.76. The molecular formula is C24H28FN3O2. The Kier molecular flexibility index (Phi) is 5.84. The van der Waals surface area contributed by atoms with Gasteiger partial charge in [0.2, 0.25) is 0 Å². The number of likely N-dealkylation sites (tertiary alicyclic amines) is 1. The number of carbonyl (C=O) groups is 2.